The molecule has 0 amide bonds. The number of benzene rings is 2. The summed E-state index contributed by atoms with van der Waals surface area (Å²) in [5.74, 6) is 0.691. The van der Waals surface area contributed by atoms with Crippen LogP contribution in [0.2, 0.25) is 0 Å². The minimum atomic E-state index is -3.88. The van der Waals surface area contributed by atoms with E-state index in [2.05, 4.69) is 25.5 Å². The van der Waals surface area contributed by atoms with Crippen molar-refractivity contribution in [2.75, 3.05) is 11.8 Å². The lowest BCUT2D eigenvalue weighted by molar-refractivity contribution is 0.414. The molecule has 30 heavy (non-hydrogen) atoms. The van der Waals surface area contributed by atoms with E-state index in [1.165, 1.54) is 10.6 Å². The Morgan fingerprint density at radius 2 is 1.70 bits per heavy atom. The third-order valence-electron chi connectivity index (χ3n) is 4.78. The van der Waals surface area contributed by atoms with Gasteiger partial charge in [0.25, 0.3) is 15.6 Å². The van der Waals surface area contributed by atoms with Gasteiger partial charge in [0, 0.05) is 6.20 Å². The third-order valence-corrected chi connectivity index (χ3v) is 6.16. The van der Waals surface area contributed by atoms with Gasteiger partial charge in [-0.2, -0.15) is 0 Å². The van der Waals surface area contributed by atoms with Crippen LogP contribution in [0.3, 0.4) is 0 Å². The molecule has 0 aliphatic rings. The summed E-state index contributed by atoms with van der Waals surface area (Å²) in [5.41, 5.74) is 1.40. The van der Waals surface area contributed by atoms with Gasteiger partial charge in [0.1, 0.15) is 11.4 Å². The van der Waals surface area contributed by atoms with Crippen molar-refractivity contribution in [2.45, 2.75) is 37.6 Å². The molecule has 6 nitrogen and oxygen atoms in total. The first kappa shape index (κ1) is 21.6. The number of rotatable bonds is 6. The number of nitrogens with one attached hydrogen (secondary N) is 1. The molecule has 1 aromatic heterocycles. The lowest BCUT2D eigenvalue weighted by atomic mass is 9.87. The molecule has 0 aliphatic heterocycles. The van der Waals surface area contributed by atoms with Crippen LogP contribution >= 0.6 is 0 Å². The summed E-state index contributed by atoms with van der Waals surface area (Å²) in [4.78, 5) is 12.9. The molecule has 0 unspecified atom stereocenters. The Bertz CT molecular complexity index is 1190. The molecule has 2 aromatic carbocycles. The van der Waals surface area contributed by atoms with Gasteiger partial charge in [0.15, 0.2) is 0 Å². The van der Waals surface area contributed by atoms with Crippen LogP contribution in [-0.4, -0.2) is 20.1 Å². The number of aromatic nitrogens is 1. The van der Waals surface area contributed by atoms with E-state index in [0.29, 0.717) is 12.3 Å². The number of pyridine rings is 1. The Hall–Kier alpha value is -3.06. The number of anilines is 1. The highest BCUT2D eigenvalue weighted by molar-refractivity contribution is 7.92. The van der Waals surface area contributed by atoms with Crippen LogP contribution in [0.15, 0.2) is 76.6 Å². The Kier molecular flexibility index (Phi) is 6.03. The maximum Gasteiger partial charge on any atom is 0.275 e. The lowest BCUT2D eigenvalue weighted by Gasteiger charge is -2.19. The van der Waals surface area contributed by atoms with Crippen LogP contribution in [0.25, 0.3) is 0 Å². The van der Waals surface area contributed by atoms with E-state index >= 15 is 0 Å². The Morgan fingerprint density at radius 1 is 1.00 bits per heavy atom. The fraction of sp³-hybridized carbons (Fsp3) is 0.261. The molecular weight excluding hydrogens is 400 g/mol. The predicted molar refractivity (Wildman–Crippen MR) is 119 cm³/mol. The summed E-state index contributed by atoms with van der Waals surface area (Å²) in [6.45, 7) is 6.47. The van der Waals surface area contributed by atoms with Crippen LogP contribution in [-0.2, 0) is 22.0 Å². The number of nitrogens with zero attached hydrogens (tertiary/aromatic N) is 1. The zero-order valence-electron chi connectivity index (χ0n) is 17.5. The van der Waals surface area contributed by atoms with Crippen molar-refractivity contribution in [3.63, 3.8) is 0 Å². The summed E-state index contributed by atoms with van der Waals surface area (Å²) in [6, 6.07) is 17.2. The molecule has 158 valence electrons. The van der Waals surface area contributed by atoms with Crippen LogP contribution in [0.4, 0.5) is 5.69 Å². The maximum absolute atomic E-state index is 12.8. The van der Waals surface area contributed by atoms with Crippen molar-refractivity contribution in [2.24, 2.45) is 0 Å². The molecule has 3 rings (SSSR count). The van der Waals surface area contributed by atoms with E-state index in [4.69, 9.17) is 4.74 Å². The second kappa shape index (κ2) is 8.36. The van der Waals surface area contributed by atoms with Gasteiger partial charge < -0.3 is 9.30 Å². The highest BCUT2D eigenvalue weighted by atomic mass is 32.2. The minimum absolute atomic E-state index is 0.000272. The molecule has 0 radical (unpaired) electrons. The van der Waals surface area contributed by atoms with Crippen molar-refractivity contribution in [3.8, 4) is 5.75 Å². The number of hydrogen-bond acceptors (Lipinski definition) is 4. The van der Waals surface area contributed by atoms with Gasteiger partial charge in [0.2, 0.25) is 0 Å². The fourth-order valence-electron chi connectivity index (χ4n) is 3.04. The standard InChI is InChI=1S/C23H26N2O4S/c1-23(2,3)18-10-12-20(13-11-18)30(27,28)24-21-9-6-14-25(22(21)26)16-17-7-5-8-19(15-17)29-4/h5-15,24H,16H2,1-4H3. The zero-order chi connectivity index (χ0) is 21.9. The Balaban J connectivity index is 1.86. The van der Waals surface area contributed by atoms with Crippen LogP contribution < -0.4 is 15.0 Å². The average Bonchev–Trinajstić information content (AvgIpc) is 2.70. The predicted octanol–water partition coefficient (Wildman–Crippen LogP) is 4.00. The summed E-state index contributed by atoms with van der Waals surface area (Å²) < 4.78 is 34.7. The van der Waals surface area contributed by atoms with Crippen LogP contribution in [0.5, 0.6) is 5.75 Å². The highest BCUT2D eigenvalue weighted by Gasteiger charge is 2.19. The highest BCUT2D eigenvalue weighted by Crippen LogP contribution is 2.24. The molecule has 1 N–H and O–H groups in total. The van der Waals surface area contributed by atoms with E-state index in [1.54, 1.807) is 43.6 Å². The molecule has 0 saturated heterocycles. The molecule has 3 aromatic rings. The smallest absolute Gasteiger partial charge is 0.275 e. The van der Waals surface area contributed by atoms with E-state index in [1.807, 2.05) is 24.3 Å². The first-order chi connectivity index (χ1) is 14.1. The number of methoxy groups -OCH3 is 1. The van der Waals surface area contributed by atoms with Gasteiger partial charge >= 0.3 is 0 Å². The van der Waals surface area contributed by atoms with E-state index in [9.17, 15) is 13.2 Å². The monoisotopic (exact) mass is 426 g/mol. The molecule has 0 bridgehead atoms. The lowest BCUT2D eigenvalue weighted by Crippen LogP contribution is -2.26. The van der Waals surface area contributed by atoms with E-state index in [-0.39, 0.29) is 16.0 Å². The number of hydrogen-bond donors (Lipinski definition) is 1. The third kappa shape index (κ3) is 4.91. The maximum atomic E-state index is 12.8. The summed E-state index contributed by atoms with van der Waals surface area (Å²) >= 11 is 0. The van der Waals surface area contributed by atoms with Gasteiger partial charge in [-0.3, -0.25) is 9.52 Å². The summed E-state index contributed by atoms with van der Waals surface area (Å²) in [7, 11) is -2.30. The first-order valence-electron chi connectivity index (χ1n) is 9.56. The largest absolute Gasteiger partial charge is 0.497 e. The van der Waals surface area contributed by atoms with Crippen molar-refractivity contribution < 1.29 is 13.2 Å². The van der Waals surface area contributed by atoms with Gasteiger partial charge in [0.05, 0.1) is 18.6 Å². The average molecular weight is 427 g/mol. The quantitative estimate of drug-likeness (QED) is 0.646. The molecular formula is C23H26N2O4S. The van der Waals surface area contributed by atoms with Crippen molar-refractivity contribution in [1.82, 2.24) is 4.57 Å². The summed E-state index contributed by atoms with van der Waals surface area (Å²) in [5, 5.41) is 0. The Labute approximate surface area is 177 Å². The number of ether oxygens (including phenoxy) is 1. The topological polar surface area (TPSA) is 77.4 Å². The first-order valence-corrected chi connectivity index (χ1v) is 11.0. The minimum Gasteiger partial charge on any atom is -0.497 e. The van der Waals surface area contributed by atoms with Gasteiger partial charge in [-0.05, 0) is 52.9 Å². The Morgan fingerprint density at radius 3 is 2.33 bits per heavy atom. The second-order valence-corrected chi connectivity index (χ2v) is 9.77. The molecule has 0 atom stereocenters. The molecule has 1 heterocycles. The molecule has 0 fully saturated rings. The van der Waals surface area contributed by atoms with Crippen molar-refractivity contribution in [1.29, 1.82) is 0 Å². The van der Waals surface area contributed by atoms with E-state index < -0.39 is 15.6 Å². The van der Waals surface area contributed by atoms with Gasteiger partial charge in [-0.25, -0.2) is 8.42 Å². The number of sulfonamides is 1. The summed E-state index contributed by atoms with van der Waals surface area (Å²) in [6.07, 6.45) is 1.62. The normalized spacial score (nSPS) is 11.9. The fourth-order valence-corrected chi connectivity index (χ4v) is 4.10. The molecule has 0 spiro atoms. The molecule has 0 saturated carbocycles. The van der Waals surface area contributed by atoms with Gasteiger partial charge in [-0.1, -0.05) is 45.0 Å². The zero-order valence-corrected chi connectivity index (χ0v) is 18.4. The van der Waals surface area contributed by atoms with Crippen LogP contribution in [0.1, 0.15) is 31.9 Å². The van der Waals surface area contributed by atoms with E-state index in [0.717, 1.165) is 11.1 Å². The molecule has 7 heteroatoms. The van der Waals surface area contributed by atoms with Gasteiger partial charge in [-0.15, -0.1) is 0 Å². The van der Waals surface area contributed by atoms with Crippen LogP contribution in [0, 0.1) is 0 Å². The van der Waals surface area contributed by atoms with Crippen molar-refractivity contribution in [3.05, 3.63) is 88.3 Å². The molecule has 0 aliphatic carbocycles. The SMILES string of the molecule is COc1cccc(Cn2cccc(NS(=O)(=O)c3ccc(C(C)(C)C)cc3)c2=O)c1. The second-order valence-electron chi connectivity index (χ2n) is 8.09. The van der Waals surface area contributed by atoms with Crippen molar-refractivity contribution >= 4 is 15.7 Å².